The summed E-state index contributed by atoms with van der Waals surface area (Å²) in [6.07, 6.45) is 23.1. The van der Waals surface area contributed by atoms with Crippen molar-refractivity contribution >= 4 is 33.9 Å². The van der Waals surface area contributed by atoms with Gasteiger partial charge in [0.15, 0.2) is 0 Å². The van der Waals surface area contributed by atoms with Crippen LogP contribution in [-0.2, 0) is 19.6 Å². The van der Waals surface area contributed by atoms with Crippen LogP contribution in [0.3, 0.4) is 0 Å². The molecule has 2 aromatic rings. The Balaban J connectivity index is 1.41. The predicted molar refractivity (Wildman–Crippen MR) is 228 cm³/mol. The first-order chi connectivity index (χ1) is 27.2. The van der Waals surface area contributed by atoms with Gasteiger partial charge in [0.1, 0.15) is 5.82 Å². The molecule has 11 nitrogen and oxygen atoms in total. The SMILES string of the molecule is CCCCCCCCC=CCCCCCCCC(=O)N1CC[C@@H](NC(=O)C[C@H](O)C[C@H](O)C=Cc2c(-c3ccc(F)cc3)nc(N(C)S(C)(=O)=O)nc2C(C)C)C1. The summed E-state index contributed by atoms with van der Waals surface area (Å²) in [6.45, 7) is 7.06. The zero-order valence-corrected chi connectivity index (χ0v) is 35.8. The summed E-state index contributed by atoms with van der Waals surface area (Å²) in [4.78, 5) is 36.5. The normalized spacial score (nSPS) is 15.9. The average molecular weight is 814 g/mol. The first-order valence-corrected chi connectivity index (χ1v) is 22.9. The number of rotatable bonds is 26. The fraction of sp³-hybridized carbons (Fsp3) is 0.636. The highest BCUT2D eigenvalue weighted by Gasteiger charge is 2.28. The molecule has 0 bridgehead atoms. The Morgan fingerprint density at radius 3 is 2.19 bits per heavy atom. The molecule has 318 valence electrons. The van der Waals surface area contributed by atoms with Crippen LogP contribution in [0.4, 0.5) is 10.3 Å². The molecule has 13 heteroatoms. The van der Waals surface area contributed by atoms with Crippen molar-refractivity contribution in [2.75, 3.05) is 30.7 Å². The number of amides is 2. The van der Waals surface area contributed by atoms with E-state index in [0.29, 0.717) is 48.4 Å². The van der Waals surface area contributed by atoms with E-state index in [1.165, 1.54) is 95.2 Å². The number of aliphatic hydroxyl groups is 2. The van der Waals surface area contributed by atoms with Gasteiger partial charge >= 0.3 is 0 Å². The number of hydrogen-bond acceptors (Lipinski definition) is 8. The van der Waals surface area contributed by atoms with Gasteiger partial charge in [-0.1, -0.05) is 96.4 Å². The molecule has 0 aliphatic carbocycles. The lowest BCUT2D eigenvalue weighted by Gasteiger charge is -2.20. The zero-order chi connectivity index (χ0) is 41.8. The molecule has 2 heterocycles. The van der Waals surface area contributed by atoms with Crippen molar-refractivity contribution in [2.45, 2.75) is 154 Å². The van der Waals surface area contributed by atoms with E-state index in [0.717, 1.165) is 36.2 Å². The van der Waals surface area contributed by atoms with E-state index >= 15 is 0 Å². The van der Waals surface area contributed by atoms with Crippen LogP contribution in [0.2, 0.25) is 0 Å². The minimum absolute atomic E-state index is 0.0483. The second kappa shape index (κ2) is 24.9. The summed E-state index contributed by atoms with van der Waals surface area (Å²) in [6, 6.07) is 5.43. The van der Waals surface area contributed by atoms with Crippen LogP contribution in [0.25, 0.3) is 17.3 Å². The molecule has 2 amide bonds. The molecule has 3 atom stereocenters. The lowest BCUT2D eigenvalue weighted by molar-refractivity contribution is -0.131. The number of nitrogens with one attached hydrogen (secondary N) is 1. The van der Waals surface area contributed by atoms with Crippen LogP contribution in [0, 0.1) is 5.82 Å². The van der Waals surface area contributed by atoms with Crippen molar-refractivity contribution < 1.29 is 32.6 Å². The molecule has 0 spiro atoms. The van der Waals surface area contributed by atoms with Crippen molar-refractivity contribution in [1.29, 1.82) is 0 Å². The number of likely N-dealkylation sites (tertiary alicyclic amines) is 1. The molecule has 3 rings (SSSR count). The molecule has 1 saturated heterocycles. The summed E-state index contributed by atoms with van der Waals surface area (Å²) in [7, 11) is -2.33. The third-order valence-electron chi connectivity index (χ3n) is 10.4. The van der Waals surface area contributed by atoms with Gasteiger partial charge in [-0.25, -0.2) is 27.1 Å². The summed E-state index contributed by atoms with van der Waals surface area (Å²) in [5.41, 5.74) is 1.88. The largest absolute Gasteiger partial charge is 0.392 e. The summed E-state index contributed by atoms with van der Waals surface area (Å²) in [5, 5.41) is 24.5. The van der Waals surface area contributed by atoms with Gasteiger partial charge < -0.3 is 20.4 Å². The molecule has 0 radical (unpaired) electrons. The minimum atomic E-state index is -3.68. The standard InChI is InChI=1S/C44H68FN5O6S/c1-6-7-8-9-10-11-12-13-14-15-16-17-18-19-20-21-41(54)50-29-28-36(32-50)46-40(53)31-38(52)30-37(51)26-27-39-42(33(2)3)47-44(49(4)57(5,55)56)48-43(39)34-22-24-35(45)25-23-34/h13-14,22-27,33,36-38,51-52H,6-12,15-21,28-32H2,1-5H3,(H,46,53)/t36-,37-,38-/m1/s1. The Hall–Kier alpha value is -3.68. The van der Waals surface area contributed by atoms with Gasteiger partial charge in [0.05, 0.1) is 36.3 Å². The van der Waals surface area contributed by atoms with E-state index in [4.69, 9.17) is 0 Å². The second-order valence-electron chi connectivity index (χ2n) is 15.8. The first kappa shape index (κ1) is 47.7. The highest BCUT2D eigenvalue weighted by molar-refractivity contribution is 7.92. The fourth-order valence-corrected chi connectivity index (χ4v) is 7.33. The number of aliphatic hydroxyl groups excluding tert-OH is 2. The molecule has 1 aromatic heterocycles. The molecule has 57 heavy (non-hydrogen) atoms. The number of sulfonamides is 1. The molecule has 0 saturated carbocycles. The second-order valence-corrected chi connectivity index (χ2v) is 17.8. The number of anilines is 1. The maximum absolute atomic E-state index is 13.8. The predicted octanol–water partition coefficient (Wildman–Crippen LogP) is 8.07. The summed E-state index contributed by atoms with van der Waals surface area (Å²) >= 11 is 0. The minimum Gasteiger partial charge on any atom is -0.392 e. The molecular weight excluding hydrogens is 746 g/mol. The number of hydrogen-bond donors (Lipinski definition) is 3. The van der Waals surface area contributed by atoms with Gasteiger partial charge in [-0.05, 0) is 68.7 Å². The zero-order valence-electron chi connectivity index (χ0n) is 35.0. The number of carbonyl (C=O) groups is 2. The number of nitrogens with zero attached hydrogens (tertiary/aromatic N) is 4. The first-order valence-electron chi connectivity index (χ1n) is 21.1. The molecule has 1 fully saturated rings. The van der Waals surface area contributed by atoms with Crippen molar-refractivity contribution in [2.24, 2.45) is 0 Å². The monoisotopic (exact) mass is 813 g/mol. The van der Waals surface area contributed by atoms with E-state index < -0.39 is 28.0 Å². The smallest absolute Gasteiger partial charge is 0.239 e. The van der Waals surface area contributed by atoms with Crippen LogP contribution in [0.5, 0.6) is 0 Å². The van der Waals surface area contributed by atoms with E-state index in [2.05, 4.69) is 34.4 Å². The average Bonchev–Trinajstić information content (AvgIpc) is 3.63. The van der Waals surface area contributed by atoms with Gasteiger partial charge in [-0.15, -0.1) is 0 Å². The lowest BCUT2D eigenvalue weighted by atomic mass is 9.97. The van der Waals surface area contributed by atoms with E-state index in [9.17, 15) is 32.6 Å². The Morgan fingerprint density at radius 1 is 0.965 bits per heavy atom. The van der Waals surface area contributed by atoms with E-state index in [1.807, 2.05) is 18.7 Å². The van der Waals surface area contributed by atoms with E-state index in [1.54, 1.807) is 6.08 Å². The van der Waals surface area contributed by atoms with E-state index in [-0.39, 0.29) is 42.6 Å². The van der Waals surface area contributed by atoms with Gasteiger partial charge in [-0.3, -0.25) is 9.59 Å². The maximum atomic E-state index is 13.8. The summed E-state index contributed by atoms with van der Waals surface area (Å²) < 4.78 is 39.4. The Labute approximate surface area is 341 Å². The van der Waals surface area contributed by atoms with Crippen LogP contribution in [-0.4, -0.2) is 90.0 Å². The number of aromatic nitrogens is 2. The number of allylic oxidation sites excluding steroid dienone is 2. The number of halogens is 1. The number of unbranched alkanes of at least 4 members (excludes halogenated alkanes) is 11. The van der Waals surface area contributed by atoms with Gasteiger partial charge in [0, 0.05) is 50.1 Å². The number of carbonyl (C=O) groups excluding carboxylic acids is 2. The fourth-order valence-electron chi connectivity index (χ4n) is 6.95. The molecule has 1 aliphatic rings. The third kappa shape index (κ3) is 17.4. The molecule has 3 N–H and O–H groups in total. The molecule has 0 unspecified atom stereocenters. The molecular formula is C44H68FN5O6S. The summed E-state index contributed by atoms with van der Waals surface area (Å²) in [5.74, 6) is -0.912. The topological polar surface area (TPSA) is 153 Å². The van der Waals surface area contributed by atoms with Crippen LogP contribution in [0.1, 0.15) is 147 Å². The Bertz CT molecular complexity index is 1700. The van der Waals surface area contributed by atoms with Crippen LogP contribution >= 0.6 is 0 Å². The van der Waals surface area contributed by atoms with Crippen LogP contribution in [0.15, 0.2) is 42.5 Å². The van der Waals surface area contributed by atoms with Gasteiger partial charge in [0.25, 0.3) is 0 Å². The molecule has 1 aliphatic heterocycles. The maximum Gasteiger partial charge on any atom is 0.239 e. The Kier molecular flexibility index (Phi) is 20.9. The lowest BCUT2D eigenvalue weighted by Crippen LogP contribution is -2.39. The third-order valence-corrected chi connectivity index (χ3v) is 11.5. The van der Waals surface area contributed by atoms with Gasteiger partial charge in [-0.2, -0.15) is 0 Å². The van der Waals surface area contributed by atoms with Crippen molar-refractivity contribution in [3.05, 3.63) is 59.6 Å². The number of benzene rings is 1. The highest BCUT2D eigenvalue weighted by atomic mass is 32.2. The molecule has 1 aromatic carbocycles. The van der Waals surface area contributed by atoms with Crippen molar-refractivity contribution in [3.8, 4) is 11.3 Å². The highest BCUT2D eigenvalue weighted by Crippen LogP contribution is 2.32. The Morgan fingerprint density at radius 2 is 1.58 bits per heavy atom. The van der Waals surface area contributed by atoms with Crippen molar-refractivity contribution in [3.63, 3.8) is 0 Å². The van der Waals surface area contributed by atoms with Gasteiger partial charge in [0.2, 0.25) is 27.8 Å². The van der Waals surface area contributed by atoms with Crippen LogP contribution < -0.4 is 9.62 Å². The quantitative estimate of drug-likeness (QED) is 0.0637. The van der Waals surface area contributed by atoms with Crippen molar-refractivity contribution in [1.82, 2.24) is 20.2 Å².